The van der Waals surface area contributed by atoms with Crippen LogP contribution in [0.25, 0.3) is 6.08 Å². The number of aliphatic hydroxyl groups is 1. The van der Waals surface area contributed by atoms with Crippen molar-refractivity contribution in [1.82, 2.24) is 20.9 Å². The van der Waals surface area contributed by atoms with Crippen LogP contribution in [0.15, 0.2) is 61.0 Å². The van der Waals surface area contributed by atoms with Gasteiger partial charge in [-0.1, -0.05) is 81.4 Å². The number of hydrogen-bond acceptors (Lipinski definition) is 10. The Morgan fingerprint density at radius 1 is 1.08 bits per heavy atom. The third kappa shape index (κ3) is 16.9. The predicted octanol–water partition coefficient (Wildman–Crippen LogP) is 4.53. The van der Waals surface area contributed by atoms with Gasteiger partial charge in [0.05, 0.1) is 24.2 Å². The average molecular weight is 759 g/mol. The van der Waals surface area contributed by atoms with E-state index in [0.717, 1.165) is 17.3 Å². The second-order valence-corrected chi connectivity index (χ2v) is 14.3. The highest BCUT2D eigenvalue weighted by Gasteiger charge is 2.28. The average Bonchev–Trinajstić information content (AvgIpc) is 3.10. The van der Waals surface area contributed by atoms with Gasteiger partial charge >= 0.3 is 5.97 Å². The molecule has 3 amide bonds. The van der Waals surface area contributed by atoms with E-state index < -0.39 is 42.0 Å². The van der Waals surface area contributed by atoms with Crippen LogP contribution in [0.4, 0.5) is 0 Å². The molecule has 1 aromatic heterocycles. The maximum atomic E-state index is 13.4. The molecule has 0 saturated heterocycles. The molecule has 1 heterocycles. The van der Waals surface area contributed by atoms with E-state index in [0.29, 0.717) is 35.1 Å². The summed E-state index contributed by atoms with van der Waals surface area (Å²) < 4.78 is 10.8. The topological polar surface area (TPSA) is 173 Å². The molecule has 4 N–H and O–H groups in total. The largest absolute Gasteiger partial charge is 0.495 e. The molecule has 2 aromatic rings. The number of aromatic nitrogens is 1. The number of hydrogen-bond donors (Lipinski definition) is 4. The Morgan fingerprint density at radius 2 is 1.83 bits per heavy atom. The summed E-state index contributed by atoms with van der Waals surface area (Å²) >= 11 is 7.29. The van der Waals surface area contributed by atoms with Crippen molar-refractivity contribution in [3.05, 3.63) is 77.1 Å². The van der Waals surface area contributed by atoms with Crippen LogP contribution in [0.1, 0.15) is 58.6 Å². The van der Waals surface area contributed by atoms with E-state index in [9.17, 15) is 29.1 Å². The molecule has 0 fully saturated rings. The molecule has 0 bridgehead atoms. The smallest absolute Gasteiger partial charge is 0.311 e. The molecule has 1 aromatic carbocycles. The van der Waals surface area contributed by atoms with Crippen LogP contribution in [-0.2, 0) is 35.1 Å². The maximum absolute atomic E-state index is 13.4. The Bertz CT molecular complexity index is 1540. The van der Waals surface area contributed by atoms with Crippen molar-refractivity contribution in [3.8, 4) is 5.75 Å². The summed E-state index contributed by atoms with van der Waals surface area (Å²) in [4.78, 5) is 67.4. The van der Waals surface area contributed by atoms with Gasteiger partial charge in [0.15, 0.2) is 6.10 Å². The van der Waals surface area contributed by atoms with Crippen molar-refractivity contribution in [2.75, 3.05) is 26.0 Å². The van der Waals surface area contributed by atoms with Crippen molar-refractivity contribution in [3.63, 3.8) is 0 Å². The number of aliphatic hydroxyl groups excluding tert-OH is 1. The molecule has 0 aliphatic carbocycles. The summed E-state index contributed by atoms with van der Waals surface area (Å²) in [6.45, 7) is 8.83. The van der Waals surface area contributed by atoms with Crippen LogP contribution < -0.4 is 20.7 Å². The van der Waals surface area contributed by atoms with E-state index in [2.05, 4.69) is 20.9 Å². The number of thioether (sulfide) groups is 1. The molecule has 0 saturated carbocycles. The van der Waals surface area contributed by atoms with Gasteiger partial charge in [-0.15, -0.1) is 0 Å². The monoisotopic (exact) mass is 758 g/mol. The lowest BCUT2D eigenvalue weighted by Crippen LogP contribution is -2.49. The Kier molecular flexibility index (Phi) is 19.8. The molecular weight excluding hydrogens is 708 g/mol. The summed E-state index contributed by atoms with van der Waals surface area (Å²) in [5, 5.41) is 18.7. The van der Waals surface area contributed by atoms with Gasteiger partial charge in [-0.2, -0.15) is 0 Å². The normalized spacial score (nSPS) is 14.3. The zero-order chi connectivity index (χ0) is 38.6. The number of carbonyl (C=O) groups excluding carboxylic acids is 5. The number of ether oxygens (including phenoxy) is 2. The highest BCUT2D eigenvalue weighted by atomic mass is 35.5. The fourth-order valence-electron chi connectivity index (χ4n) is 4.71. The molecule has 284 valence electrons. The van der Waals surface area contributed by atoms with Crippen molar-refractivity contribution in [1.29, 1.82) is 0 Å². The number of benzene rings is 1. The van der Waals surface area contributed by atoms with Gasteiger partial charge in [0.2, 0.25) is 22.8 Å². The van der Waals surface area contributed by atoms with Crippen LogP contribution in [0.2, 0.25) is 5.02 Å². The third-order valence-corrected chi connectivity index (χ3v) is 8.98. The number of methoxy groups -OCH3 is 1. The highest BCUT2D eigenvalue weighted by molar-refractivity contribution is 8.13. The van der Waals surface area contributed by atoms with Crippen LogP contribution in [0.3, 0.4) is 0 Å². The van der Waals surface area contributed by atoms with E-state index >= 15 is 0 Å². The van der Waals surface area contributed by atoms with Crippen LogP contribution in [0, 0.1) is 17.8 Å². The number of amides is 3. The van der Waals surface area contributed by atoms with Crippen molar-refractivity contribution < 1.29 is 38.6 Å². The Hall–Kier alpha value is -4.20. The lowest BCUT2D eigenvalue weighted by Gasteiger charge is -2.22. The standard InChI is InChI=1S/C38H51ClN4O8S/c1-24(2)19-34(38(49)52-18-17-41-27(5)44)51-37(48)26(4)22-42-36(47)31(21-29-14-15-33(50-6)30(39)20-29)43-35(46)11-7-10-32(45)25(3)12-13-28-9-8-16-40-23-28/h7-9,11-16,20,23-26,31-32,34,45H,10,17-19,21-22H2,1-6H3,(H,41,44)(H,42,47)(H,43,46)/b11-7+,13-12+/t25-,26-,31-,32+,34+/m1/s1. The van der Waals surface area contributed by atoms with E-state index in [1.54, 1.807) is 43.6 Å². The van der Waals surface area contributed by atoms with E-state index in [4.69, 9.17) is 21.1 Å². The molecule has 0 aliphatic heterocycles. The Morgan fingerprint density at radius 3 is 2.46 bits per heavy atom. The molecule has 5 atom stereocenters. The lowest BCUT2D eigenvalue weighted by molar-refractivity contribution is -0.157. The third-order valence-electron chi connectivity index (χ3n) is 7.73. The first kappa shape index (κ1) is 44.0. The fraction of sp³-hybridized carbons (Fsp3) is 0.474. The van der Waals surface area contributed by atoms with Gasteiger partial charge < -0.3 is 30.5 Å². The van der Waals surface area contributed by atoms with E-state index in [-0.39, 0.29) is 42.2 Å². The molecule has 14 heteroatoms. The molecule has 0 spiro atoms. The molecule has 12 nitrogen and oxygen atoms in total. The summed E-state index contributed by atoms with van der Waals surface area (Å²) in [7, 11) is 1.48. The van der Waals surface area contributed by atoms with Gasteiger partial charge in [-0.3, -0.25) is 29.0 Å². The maximum Gasteiger partial charge on any atom is 0.311 e. The van der Waals surface area contributed by atoms with E-state index in [1.807, 2.05) is 45.1 Å². The van der Waals surface area contributed by atoms with Crippen LogP contribution in [0.5, 0.6) is 5.75 Å². The minimum atomic E-state index is -1.05. The molecule has 0 unspecified atom stereocenters. The minimum absolute atomic E-state index is 0.0680. The second-order valence-electron chi connectivity index (χ2n) is 12.8. The fourth-order valence-corrected chi connectivity index (χ4v) is 5.72. The summed E-state index contributed by atoms with van der Waals surface area (Å²) in [6, 6.07) is 7.69. The SMILES string of the molecule is COc1ccc(C[C@@H](NC(=O)/C=C/C[C@H](O)[C@H](C)/C=C/c2cccnc2)C(=O)NC[C@@H](C)C(=O)O[C@@H](CC(C)C)C(=O)SCCNC(C)=O)cc1Cl. The molecule has 2 rings (SSSR count). The summed E-state index contributed by atoms with van der Waals surface area (Å²) in [5.41, 5.74) is 1.56. The first-order chi connectivity index (χ1) is 24.7. The first-order valence-corrected chi connectivity index (χ1v) is 18.5. The van der Waals surface area contributed by atoms with Gasteiger partial charge in [0.25, 0.3) is 0 Å². The van der Waals surface area contributed by atoms with E-state index in [1.165, 1.54) is 20.1 Å². The van der Waals surface area contributed by atoms with Crippen molar-refractivity contribution in [2.45, 2.75) is 72.1 Å². The zero-order valence-corrected chi connectivity index (χ0v) is 32.2. The van der Waals surface area contributed by atoms with Crippen molar-refractivity contribution in [2.24, 2.45) is 17.8 Å². The zero-order valence-electron chi connectivity index (χ0n) is 30.6. The Labute approximate surface area is 315 Å². The van der Waals surface area contributed by atoms with Crippen LogP contribution >= 0.6 is 23.4 Å². The number of esters is 1. The summed E-state index contributed by atoms with van der Waals surface area (Å²) in [5.74, 6) is -2.11. The Balaban J connectivity index is 2.05. The van der Waals surface area contributed by atoms with Gasteiger partial charge in [-0.25, -0.2) is 0 Å². The van der Waals surface area contributed by atoms with Crippen LogP contribution in [-0.4, -0.2) is 83.1 Å². The first-order valence-electron chi connectivity index (χ1n) is 17.1. The summed E-state index contributed by atoms with van der Waals surface area (Å²) in [6.07, 6.45) is 8.80. The van der Waals surface area contributed by atoms with Gasteiger partial charge in [-0.05, 0) is 54.2 Å². The number of carbonyl (C=O) groups is 5. The second kappa shape index (κ2) is 23.4. The number of nitrogens with one attached hydrogen (secondary N) is 3. The molecule has 0 radical (unpaired) electrons. The number of rotatable bonds is 21. The number of nitrogens with zero attached hydrogens (tertiary/aromatic N) is 1. The van der Waals surface area contributed by atoms with Crippen molar-refractivity contribution >= 4 is 58.2 Å². The number of pyridine rings is 1. The molecule has 52 heavy (non-hydrogen) atoms. The quantitative estimate of drug-likeness (QED) is 0.0805. The molecule has 0 aliphatic rings. The van der Waals surface area contributed by atoms with Gasteiger partial charge in [0.1, 0.15) is 11.8 Å². The molecular formula is C38H51ClN4O8S. The van der Waals surface area contributed by atoms with Gasteiger partial charge in [0, 0.05) is 50.5 Å². The predicted molar refractivity (Wildman–Crippen MR) is 203 cm³/mol. The highest BCUT2D eigenvalue weighted by Crippen LogP contribution is 2.25. The lowest BCUT2D eigenvalue weighted by atomic mass is 10.0. The number of halogens is 1. The minimum Gasteiger partial charge on any atom is -0.495 e.